The Hall–Kier alpha value is -1.72. The molecule has 0 radical (unpaired) electrons. The standard InChI is InChI=1S/C21H31N5O2S.HI/c1-6-10-23-19(27)17-9-7-8-16(11-17)12-24-21(22-3)26(4)13-18-14-29-20(25-18)15(2)28-5;/h7-9,11,14-15H,6,10,12-13H2,1-5H3,(H,22,24)(H,23,27);1H. The van der Waals surface area contributed by atoms with Crippen LogP contribution in [0.2, 0.25) is 0 Å². The molecule has 2 N–H and O–H groups in total. The van der Waals surface area contributed by atoms with E-state index in [-0.39, 0.29) is 36.0 Å². The molecule has 0 spiro atoms. The molecule has 7 nitrogen and oxygen atoms in total. The average Bonchev–Trinajstić information content (AvgIpc) is 3.20. The van der Waals surface area contributed by atoms with Gasteiger partial charge in [0, 0.05) is 45.2 Å². The van der Waals surface area contributed by atoms with Crippen LogP contribution in [0.5, 0.6) is 0 Å². The lowest BCUT2D eigenvalue weighted by atomic mass is 10.1. The predicted octanol–water partition coefficient (Wildman–Crippen LogP) is 3.82. The summed E-state index contributed by atoms with van der Waals surface area (Å²) in [6.07, 6.45) is 0.916. The number of nitrogens with zero attached hydrogens (tertiary/aromatic N) is 3. The minimum Gasteiger partial charge on any atom is -0.375 e. The Labute approximate surface area is 200 Å². The van der Waals surface area contributed by atoms with Crippen LogP contribution >= 0.6 is 35.3 Å². The molecule has 166 valence electrons. The number of hydrogen-bond donors (Lipinski definition) is 2. The van der Waals surface area contributed by atoms with E-state index in [2.05, 4.69) is 20.6 Å². The van der Waals surface area contributed by atoms with Crippen LogP contribution in [-0.4, -0.2) is 49.5 Å². The summed E-state index contributed by atoms with van der Waals surface area (Å²) in [6.45, 7) is 5.93. The molecule has 1 amide bonds. The van der Waals surface area contributed by atoms with Gasteiger partial charge < -0.3 is 20.3 Å². The van der Waals surface area contributed by atoms with Crippen molar-refractivity contribution in [3.05, 3.63) is 51.5 Å². The topological polar surface area (TPSA) is 78.9 Å². The Bertz CT molecular complexity index is 827. The molecule has 1 unspecified atom stereocenters. The second kappa shape index (κ2) is 13.6. The maximum absolute atomic E-state index is 12.2. The summed E-state index contributed by atoms with van der Waals surface area (Å²) < 4.78 is 5.33. The number of nitrogens with one attached hydrogen (secondary N) is 2. The van der Waals surface area contributed by atoms with E-state index in [1.807, 2.05) is 55.4 Å². The summed E-state index contributed by atoms with van der Waals surface area (Å²) in [5.74, 6) is 0.722. The van der Waals surface area contributed by atoms with Gasteiger partial charge in [-0.05, 0) is 31.0 Å². The highest BCUT2D eigenvalue weighted by atomic mass is 127. The van der Waals surface area contributed by atoms with Crippen molar-refractivity contribution in [1.29, 1.82) is 0 Å². The molecule has 9 heteroatoms. The Kier molecular flexibility index (Phi) is 11.9. The SMILES string of the molecule is CCCNC(=O)c1cccc(CNC(=NC)N(C)Cc2csc(C(C)OC)n2)c1.I. The molecule has 1 heterocycles. The number of aliphatic imine (C=N–C) groups is 1. The molecule has 0 saturated carbocycles. The molecule has 0 fully saturated rings. The fraction of sp³-hybridized carbons (Fsp3) is 0.476. The van der Waals surface area contributed by atoms with Crippen LogP contribution in [-0.2, 0) is 17.8 Å². The zero-order chi connectivity index (χ0) is 21.2. The van der Waals surface area contributed by atoms with Gasteiger partial charge in [-0.15, -0.1) is 35.3 Å². The van der Waals surface area contributed by atoms with Crippen LogP contribution in [0.25, 0.3) is 0 Å². The number of aromatic nitrogens is 1. The number of hydrogen-bond acceptors (Lipinski definition) is 5. The molecule has 0 aliphatic rings. The van der Waals surface area contributed by atoms with E-state index >= 15 is 0 Å². The number of thiazole rings is 1. The zero-order valence-electron chi connectivity index (χ0n) is 18.3. The number of guanidine groups is 1. The van der Waals surface area contributed by atoms with E-state index in [1.54, 1.807) is 25.5 Å². The van der Waals surface area contributed by atoms with Gasteiger partial charge in [0.2, 0.25) is 0 Å². The second-order valence-corrected chi connectivity index (χ2v) is 7.66. The van der Waals surface area contributed by atoms with E-state index in [4.69, 9.17) is 4.74 Å². The lowest BCUT2D eigenvalue weighted by molar-refractivity contribution is 0.0953. The maximum atomic E-state index is 12.2. The fourth-order valence-corrected chi connectivity index (χ4v) is 3.57. The van der Waals surface area contributed by atoms with Gasteiger partial charge in [0.25, 0.3) is 5.91 Å². The first kappa shape index (κ1) is 26.3. The number of benzene rings is 1. The minimum absolute atomic E-state index is 0. The van der Waals surface area contributed by atoms with Gasteiger partial charge in [-0.25, -0.2) is 4.98 Å². The lowest BCUT2D eigenvalue weighted by Crippen LogP contribution is -2.38. The van der Waals surface area contributed by atoms with Gasteiger partial charge in [-0.2, -0.15) is 0 Å². The highest BCUT2D eigenvalue weighted by molar-refractivity contribution is 14.0. The molecular weight excluding hydrogens is 513 g/mol. The Morgan fingerprint density at radius 2 is 2.13 bits per heavy atom. The number of carbonyl (C=O) groups excluding carboxylic acids is 1. The Morgan fingerprint density at radius 1 is 1.37 bits per heavy atom. The smallest absolute Gasteiger partial charge is 0.251 e. The van der Waals surface area contributed by atoms with Gasteiger partial charge in [-0.3, -0.25) is 9.79 Å². The van der Waals surface area contributed by atoms with Gasteiger partial charge in [-0.1, -0.05) is 19.1 Å². The van der Waals surface area contributed by atoms with Crippen molar-refractivity contribution in [2.24, 2.45) is 4.99 Å². The van der Waals surface area contributed by atoms with E-state index < -0.39 is 0 Å². The average molecular weight is 545 g/mol. The third-order valence-electron chi connectivity index (χ3n) is 4.42. The summed E-state index contributed by atoms with van der Waals surface area (Å²) in [6, 6.07) is 7.63. The Balaban J connectivity index is 0.00000450. The van der Waals surface area contributed by atoms with Crippen LogP contribution in [0.1, 0.15) is 53.0 Å². The van der Waals surface area contributed by atoms with Crippen molar-refractivity contribution < 1.29 is 9.53 Å². The van der Waals surface area contributed by atoms with Gasteiger partial charge in [0.15, 0.2) is 5.96 Å². The van der Waals surface area contributed by atoms with E-state index in [1.165, 1.54) is 0 Å². The van der Waals surface area contributed by atoms with Crippen molar-refractivity contribution in [3.8, 4) is 0 Å². The number of ether oxygens (including phenoxy) is 1. The number of amides is 1. The first-order chi connectivity index (χ1) is 14.0. The summed E-state index contributed by atoms with van der Waals surface area (Å²) in [4.78, 5) is 23.2. The van der Waals surface area contributed by atoms with Crippen molar-refractivity contribution >= 4 is 47.2 Å². The van der Waals surface area contributed by atoms with Crippen LogP contribution in [0.3, 0.4) is 0 Å². The van der Waals surface area contributed by atoms with Crippen LogP contribution in [0, 0.1) is 0 Å². The summed E-state index contributed by atoms with van der Waals surface area (Å²) >= 11 is 1.60. The van der Waals surface area contributed by atoms with E-state index in [0.29, 0.717) is 25.2 Å². The second-order valence-electron chi connectivity index (χ2n) is 6.77. The van der Waals surface area contributed by atoms with Gasteiger partial charge in [0.05, 0.1) is 12.2 Å². The lowest BCUT2D eigenvalue weighted by Gasteiger charge is -2.21. The quantitative estimate of drug-likeness (QED) is 0.285. The molecule has 0 bridgehead atoms. The molecular formula is C21H32IN5O2S. The normalized spacial score (nSPS) is 12.1. The molecule has 0 aliphatic carbocycles. The van der Waals surface area contributed by atoms with Crippen LogP contribution in [0.15, 0.2) is 34.6 Å². The summed E-state index contributed by atoms with van der Waals surface area (Å²) in [7, 11) is 5.42. The van der Waals surface area contributed by atoms with Crippen molar-refractivity contribution in [1.82, 2.24) is 20.5 Å². The molecule has 2 aromatic rings. The monoisotopic (exact) mass is 545 g/mol. The molecule has 30 heavy (non-hydrogen) atoms. The zero-order valence-corrected chi connectivity index (χ0v) is 21.4. The third-order valence-corrected chi connectivity index (χ3v) is 5.47. The highest BCUT2D eigenvalue weighted by Crippen LogP contribution is 2.20. The fourth-order valence-electron chi connectivity index (χ4n) is 2.73. The molecule has 1 aromatic heterocycles. The highest BCUT2D eigenvalue weighted by Gasteiger charge is 2.13. The molecule has 0 aliphatic heterocycles. The number of rotatable bonds is 9. The largest absolute Gasteiger partial charge is 0.375 e. The van der Waals surface area contributed by atoms with Crippen molar-refractivity contribution in [2.75, 3.05) is 27.7 Å². The van der Waals surface area contributed by atoms with Gasteiger partial charge in [0.1, 0.15) is 11.1 Å². The van der Waals surface area contributed by atoms with Gasteiger partial charge >= 0.3 is 0 Å². The first-order valence-corrected chi connectivity index (χ1v) is 10.6. The minimum atomic E-state index is -0.0418. The van der Waals surface area contributed by atoms with Crippen LogP contribution in [0.4, 0.5) is 0 Å². The van der Waals surface area contributed by atoms with Crippen molar-refractivity contribution in [3.63, 3.8) is 0 Å². The van der Waals surface area contributed by atoms with E-state index in [0.717, 1.165) is 28.6 Å². The van der Waals surface area contributed by atoms with Crippen molar-refractivity contribution in [2.45, 2.75) is 39.5 Å². The molecule has 0 saturated heterocycles. The number of carbonyl (C=O) groups is 1. The molecule has 1 aromatic carbocycles. The molecule has 1 atom stereocenters. The predicted molar refractivity (Wildman–Crippen MR) is 134 cm³/mol. The van der Waals surface area contributed by atoms with E-state index in [9.17, 15) is 4.79 Å². The summed E-state index contributed by atoms with van der Waals surface area (Å²) in [5.41, 5.74) is 2.67. The maximum Gasteiger partial charge on any atom is 0.251 e. The summed E-state index contributed by atoms with van der Waals surface area (Å²) in [5, 5.41) is 9.27. The van der Waals surface area contributed by atoms with Crippen LogP contribution < -0.4 is 10.6 Å². The third kappa shape index (κ3) is 7.84. The number of methoxy groups -OCH3 is 1. The first-order valence-electron chi connectivity index (χ1n) is 9.74. The Morgan fingerprint density at radius 3 is 2.80 bits per heavy atom. The number of halogens is 1. The molecule has 2 rings (SSSR count).